The van der Waals surface area contributed by atoms with Crippen molar-refractivity contribution in [1.29, 1.82) is 0 Å². The lowest BCUT2D eigenvalue weighted by atomic mass is 10.0. The summed E-state index contributed by atoms with van der Waals surface area (Å²) in [4.78, 5) is 29.2. The summed E-state index contributed by atoms with van der Waals surface area (Å²) in [6.07, 6.45) is 1.13. The lowest BCUT2D eigenvalue weighted by Crippen LogP contribution is -2.56. The van der Waals surface area contributed by atoms with Crippen LogP contribution in [0.3, 0.4) is 0 Å². The molecule has 0 spiro atoms. The Morgan fingerprint density at radius 1 is 0.878 bits per heavy atom. The molecule has 220 valence electrons. The lowest BCUT2D eigenvalue weighted by molar-refractivity contribution is -0.140. The molecule has 0 unspecified atom stereocenters. The summed E-state index contributed by atoms with van der Waals surface area (Å²) in [6.45, 7) is 4.76. The van der Waals surface area contributed by atoms with Gasteiger partial charge in [0.1, 0.15) is 12.6 Å². The van der Waals surface area contributed by atoms with Crippen LogP contribution in [0.4, 0.5) is 5.69 Å². The second-order valence-corrected chi connectivity index (χ2v) is 14.2. The molecule has 0 fully saturated rings. The molecule has 3 aromatic carbocycles. The molecule has 0 saturated carbocycles. The van der Waals surface area contributed by atoms with E-state index in [1.54, 1.807) is 12.1 Å². The van der Waals surface area contributed by atoms with Crippen molar-refractivity contribution in [3.05, 3.63) is 97.9 Å². The minimum Gasteiger partial charge on any atom is -0.350 e. The summed E-state index contributed by atoms with van der Waals surface area (Å²) in [6, 6.07) is 17.4. The Hall–Kier alpha value is -2.49. The Labute approximate surface area is 261 Å². The van der Waals surface area contributed by atoms with Crippen LogP contribution in [0.15, 0.2) is 66.7 Å². The minimum atomic E-state index is -4.01. The number of hydrogen-bond acceptors (Lipinski definition) is 4. The highest BCUT2D eigenvalue weighted by Crippen LogP contribution is 2.31. The van der Waals surface area contributed by atoms with Gasteiger partial charge in [0.25, 0.3) is 0 Å². The van der Waals surface area contributed by atoms with E-state index in [9.17, 15) is 18.0 Å². The molecule has 7 nitrogen and oxygen atoms in total. The van der Waals surface area contributed by atoms with E-state index in [1.165, 1.54) is 29.2 Å². The standard InChI is InChI=1S/C29H31Cl4N3O4S/c1-29(2,3)34-28(38)26(14-19-8-6-5-7-9-19)35(17-20-10-11-21(30)15-24(20)33)27(37)18-36(41(4,39)40)25-16-22(31)12-13-23(25)32/h5-13,15-16,26H,14,17-18H2,1-4H3,(H,34,38)/t26-/m1/s1. The summed E-state index contributed by atoms with van der Waals surface area (Å²) in [5.41, 5.74) is 0.765. The second kappa shape index (κ2) is 13.7. The quantitative estimate of drug-likeness (QED) is 0.265. The maximum Gasteiger partial charge on any atom is 0.244 e. The maximum atomic E-state index is 14.1. The average molecular weight is 659 g/mol. The van der Waals surface area contributed by atoms with Gasteiger partial charge >= 0.3 is 0 Å². The zero-order chi connectivity index (χ0) is 30.5. The molecule has 3 rings (SSSR count). The number of benzene rings is 3. The third-order valence-corrected chi connectivity index (χ3v) is 8.25. The maximum absolute atomic E-state index is 14.1. The predicted octanol–water partition coefficient (Wildman–Crippen LogP) is 6.62. The van der Waals surface area contributed by atoms with E-state index in [0.29, 0.717) is 15.6 Å². The van der Waals surface area contributed by atoms with Crippen molar-refractivity contribution in [2.24, 2.45) is 0 Å². The Kier molecular flexibility index (Phi) is 11.0. The highest BCUT2D eigenvalue weighted by molar-refractivity contribution is 7.92. The van der Waals surface area contributed by atoms with Crippen molar-refractivity contribution in [1.82, 2.24) is 10.2 Å². The molecule has 0 aliphatic rings. The van der Waals surface area contributed by atoms with Gasteiger partial charge in [0.2, 0.25) is 21.8 Å². The first-order valence-corrected chi connectivity index (χ1v) is 15.9. The first kappa shape index (κ1) is 33.0. The van der Waals surface area contributed by atoms with E-state index in [0.717, 1.165) is 16.1 Å². The Morgan fingerprint density at radius 2 is 1.49 bits per heavy atom. The zero-order valence-corrected chi connectivity index (χ0v) is 26.8. The van der Waals surface area contributed by atoms with Gasteiger partial charge in [-0.1, -0.05) is 82.8 Å². The van der Waals surface area contributed by atoms with Crippen LogP contribution in [0.2, 0.25) is 20.1 Å². The van der Waals surface area contributed by atoms with Crippen molar-refractivity contribution >= 4 is 73.9 Å². The molecule has 0 aromatic heterocycles. The van der Waals surface area contributed by atoms with Crippen LogP contribution in [0.25, 0.3) is 0 Å². The van der Waals surface area contributed by atoms with Crippen molar-refractivity contribution in [3.63, 3.8) is 0 Å². The van der Waals surface area contributed by atoms with Crippen molar-refractivity contribution in [2.75, 3.05) is 17.1 Å². The van der Waals surface area contributed by atoms with Gasteiger partial charge in [0.15, 0.2) is 0 Å². The molecule has 1 atom stereocenters. The highest BCUT2D eigenvalue weighted by Gasteiger charge is 2.35. The SMILES string of the molecule is CC(C)(C)NC(=O)[C@@H](Cc1ccccc1)N(Cc1ccc(Cl)cc1Cl)C(=O)CN(c1cc(Cl)ccc1Cl)S(C)(=O)=O. The molecular formula is C29H31Cl4N3O4S. The van der Waals surface area contributed by atoms with Gasteiger partial charge in [-0.25, -0.2) is 8.42 Å². The van der Waals surface area contributed by atoms with Crippen LogP contribution in [-0.2, 0) is 32.6 Å². The third-order valence-electron chi connectivity index (χ3n) is 5.98. The lowest BCUT2D eigenvalue weighted by Gasteiger charge is -2.35. The number of nitrogens with one attached hydrogen (secondary N) is 1. The molecule has 0 radical (unpaired) electrons. The highest BCUT2D eigenvalue weighted by atomic mass is 35.5. The first-order valence-electron chi connectivity index (χ1n) is 12.6. The van der Waals surface area contributed by atoms with E-state index in [4.69, 9.17) is 46.4 Å². The fraction of sp³-hybridized carbons (Fsp3) is 0.310. The number of rotatable bonds is 10. The Balaban J connectivity index is 2.13. The average Bonchev–Trinajstić information content (AvgIpc) is 2.86. The van der Waals surface area contributed by atoms with Crippen molar-refractivity contribution in [2.45, 2.75) is 45.3 Å². The molecule has 3 aromatic rings. The Morgan fingerprint density at radius 3 is 2.07 bits per heavy atom. The molecule has 0 bridgehead atoms. The number of amides is 2. The van der Waals surface area contributed by atoms with Gasteiger partial charge in [-0.2, -0.15) is 0 Å². The van der Waals surface area contributed by atoms with E-state index in [1.807, 2.05) is 51.1 Å². The third kappa shape index (κ3) is 9.51. The van der Waals surface area contributed by atoms with Crippen LogP contribution in [0.1, 0.15) is 31.9 Å². The first-order chi connectivity index (χ1) is 19.0. The molecule has 0 saturated heterocycles. The molecular weight excluding hydrogens is 628 g/mol. The van der Waals surface area contributed by atoms with Crippen molar-refractivity contribution < 1.29 is 18.0 Å². The smallest absolute Gasteiger partial charge is 0.244 e. The van der Waals surface area contributed by atoms with Crippen LogP contribution >= 0.6 is 46.4 Å². The summed E-state index contributed by atoms with van der Waals surface area (Å²) in [7, 11) is -4.01. The number of nitrogens with zero attached hydrogens (tertiary/aromatic N) is 2. The normalized spacial score (nSPS) is 12.5. The molecule has 0 heterocycles. The predicted molar refractivity (Wildman–Crippen MR) is 167 cm³/mol. The number of sulfonamides is 1. The van der Waals surface area contributed by atoms with E-state index < -0.39 is 40.0 Å². The van der Waals surface area contributed by atoms with E-state index in [-0.39, 0.29) is 28.7 Å². The fourth-order valence-corrected chi connectivity index (χ4v) is 5.87. The summed E-state index contributed by atoms with van der Waals surface area (Å²) >= 11 is 25.1. The van der Waals surface area contributed by atoms with Gasteiger partial charge in [0.05, 0.1) is 17.0 Å². The van der Waals surface area contributed by atoms with Gasteiger partial charge in [-0.05, 0) is 62.2 Å². The van der Waals surface area contributed by atoms with Crippen LogP contribution < -0.4 is 9.62 Å². The van der Waals surface area contributed by atoms with Gasteiger partial charge < -0.3 is 10.2 Å². The fourth-order valence-electron chi connectivity index (χ4n) is 4.11. The van der Waals surface area contributed by atoms with Gasteiger partial charge in [-0.3, -0.25) is 13.9 Å². The number of hydrogen-bond donors (Lipinski definition) is 1. The molecule has 0 aliphatic carbocycles. The Bertz CT molecular complexity index is 1510. The number of carbonyl (C=O) groups is 2. The van der Waals surface area contributed by atoms with Gasteiger partial charge in [0, 0.05) is 33.6 Å². The molecule has 12 heteroatoms. The second-order valence-electron chi connectivity index (χ2n) is 10.6. The topological polar surface area (TPSA) is 86.8 Å². The molecule has 41 heavy (non-hydrogen) atoms. The summed E-state index contributed by atoms with van der Waals surface area (Å²) in [5.74, 6) is -1.06. The largest absolute Gasteiger partial charge is 0.350 e. The number of halogens is 4. The minimum absolute atomic E-state index is 0.0400. The molecule has 2 amide bonds. The van der Waals surface area contributed by atoms with E-state index in [2.05, 4.69) is 5.32 Å². The number of carbonyl (C=O) groups excluding carboxylic acids is 2. The van der Waals surface area contributed by atoms with Crippen LogP contribution in [-0.4, -0.2) is 49.5 Å². The van der Waals surface area contributed by atoms with Crippen LogP contribution in [0, 0.1) is 0 Å². The number of anilines is 1. The molecule has 0 aliphatic heterocycles. The van der Waals surface area contributed by atoms with Crippen molar-refractivity contribution in [3.8, 4) is 0 Å². The summed E-state index contributed by atoms with van der Waals surface area (Å²) < 4.78 is 26.7. The monoisotopic (exact) mass is 657 g/mol. The zero-order valence-electron chi connectivity index (χ0n) is 23.0. The summed E-state index contributed by atoms with van der Waals surface area (Å²) in [5, 5.41) is 3.98. The molecule has 1 N–H and O–H groups in total. The van der Waals surface area contributed by atoms with Gasteiger partial charge in [-0.15, -0.1) is 0 Å². The van der Waals surface area contributed by atoms with Crippen LogP contribution in [0.5, 0.6) is 0 Å². The van der Waals surface area contributed by atoms with E-state index >= 15 is 0 Å².